The van der Waals surface area contributed by atoms with E-state index in [0.29, 0.717) is 18.2 Å². The van der Waals surface area contributed by atoms with Crippen LogP contribution in [0.15, 0.2) is 59.5 Å². The van der Waals surface area contributed by atoms with Crippen LogP contribution >= 0.6 is 11.8 Å². The molecule has 3 unspecified atom stereocenters. The van der Waals surface area contributed by atoms with Crippen LogP contribution in [0.25, 0.3) is 0 Å². The molecule has 2 aromatic carbocycles. The van der Waals surface area contributed by atoms with Gasteiger partial charge >= 0.3 is 0 Å². The van der Waals surface area contributed by atoms with Crippen LogP contribution in [0, 0.1) is 5.41 Å². The molecule has 2 aromatic rings. The summed E-state index contributed by atoms with van der Waals surface area (Å²) >= 11 is 1.97. The number of rotatable bonds is 8. The summed E-state index contributed by atoms with van der Waals surface area (Å²) in [5.74, 6) is 1.07. The summed E-state index contributed by atoms with van der Waals surface area (Å²) in [6.45, 7) is 11.3. The van der Waals surface area contributed by atoms with Crippen LogP contribution in [0.5, 0.6) is 0 Å². The number of anilines is 1. The predicted octanol–water partition coefficient (Wildman–Crippen LogP) is 5.49. The Morgan fingerprint density at radius 2 is 1.81 bits per heavy atom. The Morgan fingerprint density at radius 1 is 1.06 bits per heavy atom. The van der Waals surface area contributed by atoms with Gasteiger partial charge in [-0.15, -0.1) is 11.8 Å². The normalized spacial score (nSPS) is 22.7. The molecule has 32 heavy (non-hydrogen) atoms. The van der Waals surface area contributed by atoms with E-state index in [4.69, 9.17) is 9.47 Å². The van der Waals surface area contributed by atoms with Crippen molar-refractivity contribution in [2.75, 3.05) is 50.6 Å². The Hall–Kier alpha value is -1.53. The molecule has 174 valence electrons. The molecule has 0 aliphatic carbocycles. The SMILES string of the molecule is COC1CCN(C(COCC(C)(C)C)CN2c3ccccc3SCC2c2ccccc2)C1. The largest absolute Gasteiger partial charge is 0.380 e. The van der Waals surface area contributed by atoms with E-state index in [1.807, 2.05) is 18.9 Å². The number of nitrogens with zero attached hydrogens (tertiary/aromatic N) is 2. The summed E-state index contributed by atoms with van der Waals surface area (Å²) < 4.78 is 12.0. The van der Waals surface area contributed by atoms with Crippen molar-refractivity contribution < 1.29 is 9.47 Å². The molecule has 0 N–H and O–H groups in total. The Labute approximate surface area is 198 Å². The summed E-state index contributed by atoms with van der Waals surface area (Å²) in [5.41, 5.74) is 2.91. The highest BCUT2D eigenvalue weighted by molar-refractivity contribution is 7.99. The van der Waals surface area contributed by atoms with E-state index in [1.165, 1.54) is 16.1 Å². The fraction of sp³-hybridized carbons (Fsp3) is 0.556. The molecule has 4 nitrogen and oxygen atoms in total. The van der Waals surface area contributed by atoms with E-state index in [-0.39, 0.29) is 5.41 Å². The molecule has 0 radical (unpaired) electrons. The minimum absolute atomic E-state index is 0.172. The van der Waals surface area contributed by atoms with E-state index in [2.05, 4.69) is 85.2 Å². The van der Waals surface area contributed by atoms with Gasteiger partial charge in [0.15, 0.2) is 0 Å². The molecule has 1 saturated heterocycles. The van der Waals surface area contributed by atoms with Crippen molar-refractivity contribution in [3.05, 3.63) is 60.2 Å². The maximum atomic E-state index is 6.30. The highest BCUT2D eigenvalue weighted by atomic mass is 32.2. The van der Waals surface area contributed by atoms with Gasteiger partial charge in [-0.2, -0.15) is 0 Å². The van der Waals surface area contributed by atoms with Gasteiger partial charge in [0.05, 0.1) is 37.1 Å². The van der Waals surface area contributed by atoms with Crippen molar-refractivity contribution in [1.29, 1.82) is 0 Å². The molecule has 2 aliphatic rings. The number of thioether (sulfide) groups is 1. The monoisotopic (exact) mass is 454 g/mol. The van der Waals surface area contributed by atoms with Gasteiger partial charge in [0.2, 0.25) is 0 Å². The molecule has 0 amide bonds. The molecule has 0 saturated carbocycles. The second-order valence-corrected chi connectivity index (χ2v) is 11.3. The third-order valence-electron chi connectivity index (χ3n) is 6.41. The molecule has 0 aromatic heterocycles. The van der Waals surface area contributed by atoms with Crippen LogP contribution in [0.3, 0.4) is 0 Å². The standard InChI is InChI=1S/C27H38N2O2S/c1-27(2,3)20-31-18-22(28-15-14-23(17-28)30-4)16-29-24-12-8-9-13-26(24)32-19-25(29)21-10-6-5-7-11-21/h5-13,22-23,25H,14-20H2,1-4H3. The lowest BCUT2D eigenvalue weighted by molar-refractivity contribution is 0.0258. The summed E-state index contributed by atoms with van der Waals surface area (Å²) in [6.07, 6.45) is 1.43. The second kappa shape index (κ2) is 10.6. The topological polar surface area (TPSA) is 24.9 Å². The van der Waals surface area contributed by atoms with E-state index in [1.54, 1.807) is 0 Å². The first-order valence-corrected chi connectivity index (χ1v) is 12.8. The number of benzene rings is 2. The molecular weight excluding hydrogens is 416 g/mol. The Balaban J connectivity index is 1.59. The Bertz CT molecular complexity index is 854. The first kappa shape index (κ1) is 23.6. The van der Waals surface area contributed by atoms with Gasteiger partial charge in [0.1, 0.15) is 0 Å². The number of methoxy groups -OCH3 is 1. The number of ether oxygens (including phenoxy) is 2. The average molecular weight is 455 g/mol. The summed E-state index contributed by atoms with van der Waals surface area (Å²) in [6, 6.07) is 20.5. The van der Waals surface area contributed by atoms with Crippen LogP contribution in [0.4, 0.5) is 5.69 Å². The zero-order chi connectivity index (χ0) is 22.6. The molecular formula is C27H38N2O2S. The molecule has 5 heteroatoms. The van der Waals surface area contributed by atoms with Gasteiger partial charge in [-0.25, -0.2) is 0 Å². The maximum Gasteiger partial charge on any atom is 0.0710 e. The lowest BCUT2D eigenvalue weighted by atomic mass is 9.99. The maximum absolute atomic E-state index is 6.30. The van der Waals surface area contributed by atoms with Crippen molar-refractivity contribution in [3.8, 4) is 0 Å². The lowest BCUT2D eigenvalue weighted by Gasteiger charge is -2.42. The van der Waals surface area contributed by atoms with E-state index < -0.39 is 0 Å². The average Bonchev–Trinajstić information content (AvgIpc) is 3.27. The van der Waals surface area contributed by atoms with Crippen LogP contribution < -0.4 is 4.90 Å². The van der Waals surface area contributed by atoms with Crippen molar-refractivity contribution in [2.45, 2.75) is 50.3 Å². The number of fused-ring (bicyclic) bond motifs is 1. The van der Waals surface area contributed by atoms with Crippen molar-refractivity contribution in [3.63, 3.8) is 0 Å². The minimum atomic E-state index is 0.172. The van der Waals surface area contributed by atoms with Crippen LogP contribution in [-0.2, 0) is 9.47 Å². The molecule has 0 bridgehead atoms. The fourth-order valence-electron chi connectivity index (χ4n) is 4.70. The highest BCUT2D eigenvalue weighted by Gasteiger charge is 2.34. The van der Waals surface area contributed by atoms with Gasteiger partial charge in [0.25, 0.3) is 0 Å². The first-order chi connectivity index (χ1) is 15.4. The number of likely N-dealkylation sites (tertiary alicyclic amines) is 1. The van der Waals surface area contributed by atoms with Crippen molar-refractivity contribution in [1.82, 2.24) is 4.90 Å². The van der Waals surface area contributed by atoms with E-state index >= 15 is 0 Å². The summed E-state index contributed by atoms with van der Waals surface area (Å²) in [4.78, 5) is 6.60. The van der Waals surface area contributed by atoms with Crippen molar-refractivity contribution >= 4 is 17.4 Å². The number of hydrogen-bond donors (Lipinski definition) is 0. The number of para-hydroxylation sites is 1. The second-order valence-electron chi connectivity index (χ2n) is 10.2. The smallest absolute Gasteiger partial charge is 0.0710 e. The van der Waals surface area contributed by atoms with Crippen LogP contribution in [-0.4, -0.2) is 62.8 Å². The lowest BCUT2D eigenvalue weighted by Crippen LogP contribution is -2.48. The van der Waals surface area contributed by atoms with Gasteiger partial charge in [-0.1, -0.05) is 63.2 Å². The predicted molar refractivity (Wildman–Crippen MR) is 135 cm³/mol. The molecule has 2 heterocycles. The van der Waals surface area contributed by atoms with E-state index in [0.717, 1.165) is 45.0 Å². The molecule has 4 rings (SSSR count). The van der Waals surface area contributed by atoms with Crippen LogP contribution in [0.1, 0.15) is 38.8 Å². The van der Waals surface area contributed by atoms with Gasteiger partial charge < -0.3 is 14.4 Å². The van der Waals surface area contributed by atoms with Gasteiger partial charge in [-0.05, 0) is 29.5 Å². The van der Waals surface area contributed by atoms with Crippen molar-refractivity contribution in [2.24, 2.45) is 5.41 Å². The van der Waals surface area contributed by atoms with Crippen LogP contribution in [0.2, 0.25) is 0 Å². The summed E-state index contributed by atoms with van der Waals surface area (Å²) in [7, 11) is 1.84. The molecule has 3 atom stereocenters. The third-order valence-corrected chi connectivity index (χ3v) is 7.55. The molecule has 2 aliphatic heterocycles. The third kappa shape index (κ3) is 5.88. The fourth-order valence-corrected chi connectivity index (χ4v) is 5.92. The highest BCUT2D eigenvalue weighted by Crippen LogP contribution is 2.43. The molecule has 0 spiro atoms. The number of hydrogen-bond acceptors (Lipinski definition) is 5. The van der Waals surface area contributed by atoms with Gasteiger partial charge in [-0.3, -0.25) is 4.90 Å². The zero-order valence-corrected chi connectivity index (χ0v) is 20.8. The first-order valence-electron chi connectivity index (χ1n) is 11.8. The minimum Gasteiger partial charge on any atom is -0.380 e. The quantitative estimate of drug-likeness (QED) is 0.525. The summed E-state index contributed by atoms with van der Waals surface area (Å²) in [5, 5.41) is 0. The Morgan fingerprint density at radius 3 is 2.53 bits per heavy atom. The Kier molecular flexibility index (Phi) is 7.83. The van der Waals surface area contributed by atoms with E-state index in [9.17, 15) is 0 Å². The zero-order valence-electron chi connectivity index (χ0n) is 20.0. The molecule has 1 fully saturated rings. The van der Waals surface area contributed by atoms with Gasteiger partial charge in [0, 0.05) is 37.4 Å².